The second kappa shape index (κ2) is 16.0. The zero-order valence-electron chi connectivity index (χ0n) is 21.1. The molecule has 0 bridgehead atoms. The Balaban J connectivity index is 1.88. The number of nitrogens with zero attached hydrogens (tertiary/aromatic N) is 1. The van der Waals surface area contributed by atoms with E-state index < -0.39 is 30.4 Å². The summed E-state index contributed by atoms with van der Waals surface area (Å²) >= 11 is 0. The number of rotatable bonds is 16. The normalized spacial score (nSPS) is 12.8. The average molecular weight is 508 g/mol. The van der Waals surface area contributed by atoms with E-state index in [0.29, 0.717) is 18.8 Å². The molecule has 1 heterocycles. The molecule has 0 aliphatic carbocycles. The van der Waals surface area contributed by atoms with E-state index in [1.165, 1.54) is 42.6 Å². The number of esters is 2. The van der Waals surface area contributed by atoms with Gasteiger partial charge in [0.15, 0.2) is 6.10 Å². The second-order valence-corrected chi connectivity index (χ2v) is 8.35. The van der Waals surface area contributed by atoms with Crippen LogP contribution in [-0.2, 0) is 14.3 Å². The van der Waals surface area contributed by atoms with E-state index in [-0.39, 0.29) is 23.8 Å². The van der Waals surface area contributed by atoms with Crippen molar-refractivity contribution < 1.29 is 37.3 Å². The number of benzene rings is 1. The number of aromatic nitrogens is 1. The van der Waals surface area contributed by atoms with Gasteiger partial charge in [0.2, 0.25) is 12.3 Å². The highest BCUT2D eigenvalue weighted by Crippen LogP contribution is 2.26. The third kappa shape index (κ3) is 9.99. The van der Waals surface area contributed by atoms with Gasteiger partial charge in [0.1, 0.15) is 5.75 Å². The molecule has 0 aliphatic heterocycles. The van der Waals surface area contributed by atoms with Gasteiger partial charge in [-0.15, -0.1) is 0 Å². The van der Waals surface area contributed by atoms with E-state index in [9.17, 15) is 18.4 Å². The molecule has 0 saturated heterocycles. The standard InChI is InChI=1S/C27H35F2NO6/c1-4-6-8-16-34-19(3)26(31)36-24-14-11-21(17-30-24)27(32)35-22-12-9-20(10-13-22)23(25(28)29)18-33-15-7-5-2/h9-14,17,19,23,25H,4-8,15-16,18H2,1-3H3/t19-,23+/m1/s1. The summed E-state index contributed by atoms with van der Waals surface area (Å²) in [6.45, 7) is 6.51. The molecular formula is C27H35F2NO6. The molecule has 36 heavy (non-hydrogen) atoms. The molecular weight excluding hydrogens is 472 g/mol. The number of unbranched alkanes of at least 4 members (excludes halogenated alkanes) is 3. The zero-order chi connectivity index (χ0) is 26.3. The zero-order valence-corrected chi connectivity index (χ0v) is 21.1. The fourth-order valence-electron chi connectivity index (χ4n) is 3.15. The van der Waals surface area contributed by atoms with Crippen LogP contribution in [0.3, 0.4) is 0 Å². The molecule has 198 valence electrons. The number of carbonyl (C=O) groups excluding carboxylic acids is 2. The molecule has 0 unspecified atom stereocenters. The lowest BCUT2D eigenvalue weighted by Gasteiger charge is -2.17. The van der Waals surface area contributed by atoms with Crippen molar-refractivity contribution in [2.75, 3.05) is 19.8 Å². The molecule has 9 heteroatoms. The molecule has 0 radical (unpaired) electrons. The minimum Gasteiger partial charge on any atom is -0.423 e. The fraction of sp³-hybridized carbons (Fsp3) is 0.519. The number of alkyl halides is 2. The molecule has 1 aromatic heterocycles. The Morgan fingerprint density at radius 2 is 1.64 bits per heavy atom. The largest absolute Gasteiger partial charge is 0.423 e. The smallest absolute Gasteiger partial charge is 0.345 e. The van der Waals surface area contributed by atoms with Crippen LogP contribution >= 0.6 is 0 Å². The molecule has 0 saturated carbocycles. The van der Waals surface area contributed by atoms with Crippen LogP contribution in [0.15, 0.2) is 42.6 Å². The van der Waals surface area contributed by atoms with Gasteiger partial charge in [0.05, 0.1) is 18.1 Å². The maximum atomic E-state index is 13.5. The highest BCUT2D eigenvalue weighted by molar-refractivity contribution is 5.90. The van der Waals surface area contributed by atoms with Crippen molar-refractivity contribution in [3.63, 3.8) is 0 Å². The minimum atomic E-state index is -2.57. The van der Waals surface area contributed by atoms with E-state index in [0.717, 1.165) is 32.1 Å². The highest BCUT2D eigenvalue weighted by atomic mass is 19.3. The van der Waals surface area contributed by atoms with E-state index in [4.69, 9.17) is 18.9 Å². The van der Waals surface area contributed by atoms with Gasteiger partial charge in [-0.25, -0.2) is 23.4 Å². The minimum absolute atomic E-state index is 0.0316. The lowest BCUT2D eigenvalue weighted by atomic mass is 10.0. The monoisotopic (exact) mass is 507 g/mol. The summed E-state index contributed by atoms with van der Waals surface area (Å²) in [6.07, 6.45) is 2.61. The Bertz CT molecular complexity index is 921. The summed E-state index contributed by atoms with van der Waals surface area (Å²) in [5.41, 5.74) is 0.537. The van der Waals surface area contributed by atoms with Crippen LogP contribution in [0.25, 0.3) is 0 Å². The number of ether oxygens (including phenoxy) is 4. The van der Waals surface area contributed by atoms with Gasteiger partial charge in [-0.2, -0.15) is 0 Å². The third-order valence-corrected chi connectivity index (χ3v) is 5.39. The van der Waals surface area contributed by atoms with Gasteiger partial charge < -0.3 is 18.9 Å². The number of pyridine rings is 1. The molecule has 0 aliphatic rings. The molecule has 2 atom stereocenters. The van der Waals surface area contributed by atoms with Crippen LogP contribution in [0.2, 0.25) is 0 Å². The van der Waals surface area contributed by atoms with Gasteiger partial charge in [0.25, 0.3) is 0 Å². The van der Waals surface area contributed by atoms with E-state index in [1.54, 1.807) is 6.92 Å². The first-order chi connectivity index (χ1) is 17.3. The van der Waals surface area contributed by atoms with Crippen LogP contribution in [0.4, 0.5) is 8.78 Å². The van der Waals surface area contributed by atoms with Crippen molar-refractivity contribution in [2.24, 2.45) is 0 Å². The lowest BCUT2D eigenvalue weighted by molar-refractivity contribution is -0.146. The van der Waals surface area contributed by atoms with Crippen LogP contribution in [0.1, 0.15) is 74.7 Å². The van der Waals surface area contributed by atoms with E-state index in [1.807, 2.05) is 6.92 Å². The van der Waals surface area contributed by atoms with E-state index in [2.05, 4.69) is 11.9 Å². The summed E-state index contributed by atoms with van der Waals surface area (Å²) in [7, 11) is 0. The van der Waals surface area contributed by atoms with E-state index >= 15 is 0 Å². The van der Waals surface area contributed by atoms with Crippen molar-refractivity contribution in [1.29, 1.82) is 0 Å². The Kier molecular flexibility index (Phi) is 13.0. The second-order valence-electron chi connectivity index (χ2n) is 8.35. The molecule has 0 fully saturated rings. The van der Waals surface area contributed by atoms with Crippen LogP contribution < -0.4 is 9.47 Å². The maximum Gasteiger partial charge on any atom is 0.345 e. The molecule has 2 rings (SSSR count). The SMILES string of the molecule is CCCCCO[C@H](C)C(=O)Oc1ccc(C(=O)Oc2ccc([C@H](COCCCC)C(F)F)cc2)cn1. The number of carbonyl (C=O) groups is 2. The number of hydrogen-bond donors (Lipinski definition) is 0. The quantitative estimate of drug-likeness (QED) is 0.157. The summed E-state index contributed by atoms with van der Waals surface area (Å²) in [5, 5.41) is 0. The summed E-state index contributed by atoms with van der Waals surface area (Å²) in [4.78, 5) is 28.5. The average Bonchev–Trinajstić information content (AvgIpc) is 2.87. The molecule has 7 nitrogen and oxygen atoms in total. The molecule has 2 aromatic rings. The predicted octanol–water partition coefficient (Wildman–Crippen LogP) is 5.97. The Labute approximate surface area is 211 Å². The van der Waals surface area contributed by atoms with Crippen molar-refractivity contribution in [1.82, 2.24) is 4.98 Å². The Morgan fingerprint density at radius 3 is 2.25 bits per heavy atom. The van der Waals surface area contributed by atoms with Crippen molar-refractivity contribution >= 4 is 11.9 Å². The summed E-state index contributed by atoms with van der Waals surface area (Å²) < 4.78 is 48.2. The lowest BCUT2D eigenvalue weighted by Crippen LogP contribution is -2.26. The van der Waals surface area contributed by atoms with Crippen molar-refractivity contribution in [3.8, 4) is 11.6 Å². The predicted molar refractivity (Wildman–Crippen MR) is 131 cm³/mol. The number of halogens is 2. The van der Waals surface area contributed by atoms with Gasteiger partial charge in [0, 0.05) is 25.5 Å². The van der Waals surface area contributed by atoms with Crippen molar-refractivity contribution in [3.05, 3.63) is 53.7 Å². The number of hydrogen-bond acceptors (Lipinski definition) is 7. The van der Waals surface area contributed by atoms with Crippen LogP contribution in [0.5, 0.6) is 11.6 Å². The van der Waals surface area contributed by atoms with Crippen LogP contribution in [0, 0.1) is 0 Å². The summed E-state index contributed by atoms with van der Waals surface area (Å²) in [5.74, 6) is -2.09. The first-order valence-electron chi connectivity index (χ1n) is 12.3. The first-order valence-corrected chi connectivity index (χ1v) is 12.3. The maximum absolute atomic E-state index is 13.5. The fourth-order valence-corrected chi connectivity index (χ4v) is 3.15. The molecule has 1 aromatic carbocycles. The highest BCUT2D eigenvalue weighted by Gasteiger charge is 2.23. The van der Waals surface area contributed by atoms with Gasteiger partial charge >= 0.3 is 11.9 Å². The van der Waals surface area contributed by atoms with Gasteiger partial charge in [-0.1, -0.05) is 45.2 Å². The third-order valence-electron chi connectivity index (χ3n) is 5.39. The Hall–Kier alpha value is -2.91. The molecule has 0 N–H and O–H groups in total. The molecule has 0 spiro atoms. The first kappa shape index (κ1) is 29.3. The summed E-state index contributed by atoms with van der Waals surface area (Å²) in [6, 6.07) is 8.71. The van der Waals surface area contributed by atoms with Crippen molar-refractivity contribution in [2.45, 2.75) is 71.3 Å². The van der Waals surface area contributed by atoms with Gasteiger partial charge in [-0.05, 0) is 43.5 Å². The molecule has 0 amide bonds. The van der Waals surface area contributed by atoms with Crippen LogP contribution in [-0.4, -0.2) is 49.3 Å². The topological polar surface area (TPSA) is 84.0 Å². The van der Waals surface area contributed by atoms with Gasteiger partial charge in [-0.3, -0.25) is 0 Å². The Morgan fingerprint density at radius 1 is 0.917 bits per heavy atom.